The van der Waals surface area contributed by atoms with E-state index in [0.29, 0.717) is 12.1 Å². The molecular weight excluding hydrogens is 322 g/mol. The van der Waals surface area contributed by atoms with Crippen molar-refractivity contribution in [1.29, 1.82) is 0 Å². The molecule has 0 aliphatic heterocycles. The van der Waals surface area contributed by atoms with Gasteiger partial charge in [-0.1, -0.05) is 31.5 Å². The van der Waals surface area contributed by atoms with Gasteiger partial charge in [-0.2, -0.15) is 11.8 Å². The highest BCUT2D eigenvalue weighted by atomic mass is 32.2. The lowest BCUT2D eigenvalue weighted by atomic mass is 10.2. The fourth-order valence-corrected chi connectivity index (χ4v) is 3.21. The molecule has 0 atom stereocenters. The molecule has 1 heterocycles. The Morgan fingerprint density at radius 3 is 2.79 bits per heavy atom. The van der Waals surface area contributed by atoms with Crippen molar-refractivity contribution in [3.05, 3.63) is 36.5 Å². The fraction of sp³-hybridized carbons (Fsp3) is 0.389. The molecule has 1 aromatic heterocycles. The number of hydrogen-bond donors (Lipinski definition) is 2. The number of rotatable bonds is 9. The lowest BCUT2D eigenvalue weighted by Crippen LogP contribution is -2.33. The minimum Gasteiger partial charge on any atom is -0.347 e. The molecule has 2 N–H and O–H groups in total. The number of anilines is 1. The van der Waals surface area contributed by atoms with Crippen molar-refractivity contribution < 1.29 is 9.59 Å². The number of fused-ring (bicyclic) bond motifs is 1. The third kappa shape index (κ3) is 5.85. The topological polar surface area (TPSA) is 71.1 Å². The van der Waals surface area contributed by atoms with Crippen LogP contribution in [0.5, 0.6) is 0 Å². The molecular formula is C18H23N3O2S. The molecule has 0 aliphatic carbocycles. The number of carbonyl (C=O) groups is 2. The zero-order chi connectivity index (χ0) is 17.2. The Labute approximate surface area is 146 Å². The van der Waals surface area contributed by atoms with Gasteiger partial charge in [-0.15, -0.1) is 0 Å². The number of nitrogens with zero attached hydrogens (tertiary/aromatic N) is 1. The van der Waals surface area contributed by atoms with Crippen molar-refractivity contribution in [2.24, 2.45) is 0 Å². The number of aromatic nitrogens is 1. The molecule has 24 heavy (non-hydrogen) atoms. The third-order valence-corrected chi connectivity index (χ3v) is 4.54. The number of nitrogens with one attached hydrogen (secondary N) is 2. The predicted octanol–water partition coefficient (Wildman–Crippen LogP) is 3.21. The number of pyridine rings is 1. The molecule has 5 nitrogen and oxygen atoms in total. The van der Waals surface area contributed by atoms with Crippen LogP contribution in [0.2, 0.25) is 0 Å². The summed E-state index contributed by atoms with van der Waals surface area (Å²) in [6.45, 7) is 2.12. The second-order valence-corrected chi connectivity index (χ2v) is 6.65. The monoisotopic (exact) mass is 345 g/mol. The summed E-state index contributed by atoms with van der Waals surface area (Å²) in [6, 6.07) is 9.41. The van der Waals surface area contributed by atoms with E-state index in [1.807, 2.05) is 24.3 Å². The fourth-order valence-electron chi connectivity index (χ4n) is 2.18. The minimum atomic E-state index is -0.250. The number of benzene rings is 1. The second-order valence-electron chi connectivity index (χ2n) is 5.42. The predicted molar refractivity (Wildman–Crippen MR) is 100 cm³/mol. The van der Waals surface area contributed by atoms with E-state index >= 15 is 0 Å². The van der Waals surface area contributed by atoms with Gasteiger partial charge in [0.1, 0.15) is 0 Å². The van der Waals surface area contributed by atoms with Crippen LogP contribution in [-0.2, 0) is 9.59 Å². The first-order valence-electron chi connectivity index (χ1n) is 8.18. The Balaban J connectivity index is 1.76. The van der Waals surface area contributed by atoms with Crippen molar-refractivity contribution in [3.63, 3.8) is 0 Å². The Bertz CT molecular complexity index is 686. The number of amides is 2. The number of carbonyl (C=O) groups excluding carboxylic acids is 2. The van der Waals surface area contributed by atoms with Crippen molar-refractivity contribution in [1.82, 2.24) is 10.3 Å². The molecule has 2 amide bonds. The summed E-state index contributed by atoms with van der Waals surface area (Å²) in [7, 11) is 0. The van der Waals surface area contributed by atoms with Crippen LogP contribution in [0.1, 0.15) is 26.2 Å². The van der Waals surface area contributed by atoms with Gasteiger partial charge < -0.3 is 10.6 Å². The Morgan fingerprint density at radius 1 is 1.12 bits per heavy atom. The summed E-state index contributed by atoms with van der Waals surface area (Å²) in [4.78, 5) is 28.0. The van der Waals surface area contributed by atoms with Gasteiger partial charge >= 0.3 is 0 Å². The molecule has 128 valence electrons. The van der Waals surface area contributed by atoms with Crippen LogP contribution in [-0.4, -0.2) is 34.8 Å². The first kappa shape index (κ1) is 18.3. The summed E-state index contributed by atoms with van der Waals surface area (Å²) >= 11 is 1.77. The van der Waals surface area contributed by atoms with Crippen LogP contribution in [0, 0.1) is 0 Å². The molecule has 2 aromatic rings. The highest BCUT2D eigenvalue weighted by Crippen LogP contribution is 2.20. The van der Waals surface area contributed by atoms with Gasteiger partial charge in [-0.3, -0.25) is 14.6 Å². The molecule has 0 bridgehead atoms. The SMILES string of the molecule is CCCCSCCC(=O)NCC(=O)Nc1cccc2cccnc12. The lowest BCUT2D eigenvalue weighted by Gasteiger charge is -2.09. The maximum atomic E-state index is 12.0. The molecule has 1 aromatic carbocycles. The van der Waals surface area contributed by atoms with Crippen molar-refractivity contribution >= 4 is 40.2 Å². The maximum Gasteiger partial charge on any atom is 0.243 e. The molecule has 0 aliphatic rings. The average molecular weight is 345 g/mol. The first-order valence-corrected chi connectivity index (χ1v) is 9.34. The lowest BCUT2D eigenvalue weighted by molar-refractivity contribution is -0.123. The molecule has 0 fully saturated rings. The van der Waals surface area contributed by atoms with Crippen molar-refractivity contribution in [2.45, 2.75) is 26.2 Å². The normalized spacial score (nSPS) is 10.5. The van der Waals surface area contributed by atoms with Gasteiger partial charge in [0.05, 0.1) is 17.7 Å². The van der Waals surface area contributed by atoms with Crippen molar-refractivity contribution in [2.75, 3.05) is 23.4 Å². The Kier molecular flexibility index (Phi) is 7.55. The summed E-state index contributed by atoms with van der Waals surface area (Å²) < 4.78 is 0. The van der Waals surface area contributed by atoms with Crippen LogP contribution >= 0.6 is 11.8 Å². The van der Waals surface area contributed by atoms with E-state index < -0.39 is 0 Å². The van der Waals surface area contributed by atoms with Crippen LogP contribution < -0.4 is 10.6 Å². The molecule has 0 radical (unpaired) electrons. The van der Waals surface area contributed by atoms with Crippen LogP contribution in [0.3, 0.4) is 0 Å². The van der Waals surface area contributed by atoms with Crippen LogP contribution in [0.15, 0.2) is 36.5 Å². The maximum absolute atomic E-state index is 12.0. The summed E-state index contributed by atoms with van der Waals surface area (Å²) in [5.74, 6) is 1.53. The van der Waals surface area contributed by atoms with E-state index in [0.717, 1.165) is 22.4 Å². The zero-order valence-electron chi connectivity index (χ0n) is 13.9. The molecule has 0 saturated heterocycles. The average Bonchev–Trinajstić information content (AvgIpc) is 2.60. The smallest absolute Gasteiger partial charge is 0.243 e. The molecule has 6 heteroatoms. The number of para-hydroxylation sites is 1. The van der Waals surface area contributed by atoms with Crippen molar-refractivity contribution in [3.8, 4) is 0 Å². The Hall–Kier alpha value is -2.08. The van der Waals surface area contributed by atoms with Gasteiger partial charge in [-0.05, 0) is 24.3 Å². The van der Waals surface area contributed by atoms with E-state index in [-0.39, 0.29) is 18.4 Å². The largest absolute Gasteiger partial charge is 0.347 e. The van der Waals surface area contributed by atoms with Crippen LogP contribution in [0.4, 0.5) is 5.69 Å². The van der Waals surface area contributed by atoms with Crippen LogP contribution in [0.25, 0.3) is 10.9 Å². The Morgan fingerprint density at radius 2 is 1.96 bits per heavy atom. The highest BCUT2D eigenvalue weighted by molar-refractivity contribution is 7.99. The number of unbranched alkanes of at least 4 members (excludes halogenated alkanes) is 1. The van der Waals surface area contributed by atoms with E-state index in [9.17, 15) is 9.59 Å². The van der Waals surface area contributed by atoms with Gasteiger partial charge in [-0.25, -0.2) is 0 Å². The number of thioether (sulfide) groups is 1. The standard InChI is InChI=1S/C18H23N3O2S/c1-2-3-11-24-12-9-16(22)20-13-17(23)21-15-8-4-6-14-7-5-10-19-18(14)15/h4-8,10H,2-3,9,11-13H2,1H3,(H,20,22)(H,21,23). The highest BCUT2D eigenvalue weighted by Gasteiger charge is 2.08. The first-order chi connectivity index (χ1) is 11.7. The molecule has 0 unspecified atom stereocenters. The molecule has 0 saturated carbocycles. The van der Waals surface area contributed by atoms with E-state index in [1.54, 1.807) is 24.0 Å². The summed E-state index contributed by atoms with van der Waals surface area (Å²) in [5.41, 5.74) is 1.40. The molecule has 2 rings (SSSR count). The van der Waals surface area contributed by atoms with Gasteiger partial charge in [0.2, 0.25) is 11.8 Å². The number of hydrogen-bond acceptors (Lipinski definition) is 4. The third-order valence-electron chi connectivity index (χ3n) is 3.47. The zero-order valence-corrected chi connectivity index (χ0v) is 14.7. The summed E-state index contributed by atoms with van der Waals surface area (Å²) in [5, 5.41) is 6.42. The second kappa shape index (κ2) is 9.93. The molecule has 0 spiro atoms. The summed E-state index contributed by atoms with van der Waals surface area (Å²) in [6.07, 6.45) is 4.48. The van der Waals surface area contributed by atoms with Gasteiger partial charge in [0.15, 0.2) is 0 Å². The van der Waals surface area contributed by atoms with E-state index in [4.69, 9.17) is 0 Å². The van der Waals surface area contributed by atoms with E-state index in [2.05, 4.69) is 22.5 Å². The van der Waals surface area contributed by atoms with Gasteiger partial charge in [0, 0.05) is 23.8 Å². The quantitative estimate of drug-likeness (QED) is 0.685. The minimum absolute atomic E-state index is 0.0261. The van der Waals surface area contributed by atoms with E-state index in [1.165, 1.54) is 12.8 Å². The van der Waals surface area contributed by atoms with Gasteiger partial charge in [0.25, 0.3) is 0 Å².